The Morgan fingerprint density at radius 3 is 2.59 bits per heavy atom. The van der Waals surface area contributed by atoms with Gasteiger partial charge in [0.1, 0.15) is 23.0 Å². The van der Waals surface area contributed by atoms with Crippen LogP contribution < -0.4 is 9.47 Å². The first kappa shape index (κ1) is 25.4. The number of thioether (sulfide) groups is 1. The minimum Gasteiger partial charge on any atom is -0.506 e. The maximum Gasteiger partial charge on any atom is 0.344 e. The lowest BCUT2D eigenvalue weighted by Gasteiger charge is -2.12. The van der Waals surface area contributed by atoms with Crippen LogP contribution in [0, 0.1) is 0 Å². The van der Waals surface area contributed by atoms with Crippen molar-refractivity contribution in [1.29, 1.82) is 0 Å². The summed E-state index contributed by atoms with van der Waals surface area (Å²) >= 11 is 7.22. The highest BCUT2D eigenvalue weighted by Gasteiger charge is 2.33. The van der Waals surface area contributed by atoms with Gasteiger partial charge in [-0.2, -0.15) is 0 Å². The molecule has 0 fully saturated rings. The number of carbonyl (C=O) groups is 2. The van der Waals surface area contributed by atoms with Crippen molar-refractivity contribution in [2.75, 3.05) is 13.7 Å². The van der Waals surface area contributed by atoms with Gasteiger partial charge < -0.3 is 19.3 Å². The van der Waals surface area contributed by atoms with Crippen LogP contribution in [0.15, 0.2) is 63.7 Å². The summed E-state index contributed by atoms with van der Waals surface area (Å²) in [4.78, 5) is 28.5. The zero-order valence-corrected chi connectivity index (χ0v) is 20.5. The molecule has 1 aliphatic heterocycles. The third-order valence-electron chi connectivity index (χ3n) is 4.73. The summed E-state index contributed by atoms with van der Waals surface area (Å²) in [6.45, 7) is 3.72. The van der Waals surface area contributed by atoms with E-state index in [0.717, 1.165) is 17.3 Å². The van der Waals surface area contributed by atoms with E-state index in [0.29, 0.717) is 27.0 Å². The van der Waals surface area contributed by atoms with Crippen LogP contribution in [0.5, 0.6) is 11.5 Å². The summed E-state index contributed by atoms with van der Waals surface area (Å²) in [5.74, 6) is -0.427. The third-order valence-corrected chi connectivity index (χ3v) is 6.11. The molecule has 0 aromatic heterocycles. The Kier molecular flexibility index (Phi) is 8.79. The molecule has 1 heterocycles. The van der Waals surface area contributed by atoms with Gasteiger partial charge in [-0.15, -0.1) is 0 Å². The van der Waals surface area contributed by atoms with E-state index in [-0.39, 0.29) is 36.0 Å². The first-order valence-corrected chi connectivity index (χ1v) is 11.7. The lowest BCUT2D eigenvalue weighted by atomic mass is 10.1. The molecule has 1 amide bonds. The molecule has 1 aliphatic rings. The van der Waals surface area contributed by atoms with Crippen LogP contribution in [0.1, 0.15) is 31.4 Å². The molecule has 0 radical (unpaired) electrons. The maximum atomic E-state index is 12.4. The number of rotatable bonds is 8. The Morgan fingerprint density at radius 2 is 1.91 bits per heavy atom. The fraction of sp³-hybridized carbons (Fsp3) is 0.240. The Bertz CT molecular complexity index is 1190. The highest BCUT2D eigenvalue weighted by molar-refractivity contribution is 8.18. The van der Waals surface area contributed by atoms with Gasteiger partial charge in [0, 0.05) is 17.0 Å². The molecule has 9 heteroatoms. The van der Waals surface area contributed by atoms with Crippen LogP contribution in [0.3, 0.4) is 0 Å². The molecular weight excluding hydrogens is 478 g/mol. The van der Waals surface area contributed by atoms with E-state index in [9.17, 15) is 14.7 Å². The van der Waals surface area contributed by atoms with E-state index >= 15 is 0 Å². The molecule has 0 unspecified atom stereocenters. The Hall–Kier alpha value is -3.23. The molecule has 1 N–H and O–H groups in total. The van der Waals surface area contributed by atoms with E-state index in [1.807, 2.05) is 18.2 Å². The first-order chi connectivity index (χ1) is 16.4. The zero-order chi connectivity index (χ0) is 24.7. The molecule has 0 atom stereocenters. The van der Waals surface area contributed by atoms with Gasteiger partial charge in [-0.1, -0.05) is 54.6 Å². The summed E-state index contributed by atoms with van der Waals surface area (Å²) < 4.78 is 16.4. The van der Waals surface area contributed by atoms with Crippen LogP contribution in [-0.4, -0.2) is 35.7 Å². The summed E-state index contributed by atoms with van der Waals surface area (Å²) in [5.41, 5.74) is 1.41. The smallest absolute Gasteiger partial charge is 0.344 e. The molecular formula is C25H24ClNO6S. The molecule has 0 bridgehead atoms. The summed E-state index contributed by atoms with van der Waals surface area (Å²) in [6, 6.07) is 12.7. The largest absolute Gasteiger partial charge is 0.506 e. The molecule has 3 rings (SSSR count). The highest BCUT2D eigenvalue weighted by atomic mass is 35.5. The van der Waals surface area contributed by atoms with Crippen molar-refractivity contribution in [1.82, 2.24) is 0 Å². The van der Waals surface area contributed by atoms with Crippen molar-refractivity contribution < 1.29 is 28.9 Å². The van der Waals surface area contributed by atoms with E-state index in [1.54, 1.807) is 44.2 Å². The number of halogens is 1. The van der Waals surface area contributed by atoms with Crippen LogP contribution in [0.25, 0.3) is 6.08 Å². The number of aliphatic imine (C=N–C) groups is 1. The average molecular weight is 502 g/mol. The number of carbonyl (C=O) groups excluding carboxylic acids is 2. The number of aliphatic hydroxyl groups is 1. The van der Waals surface area contributed by atoms with Crippen molar-refractivity contribution >= 4 is 46.4 Å². The van der Waals surface area contributed by atoms with Crippen molar-refractivity contribution in [3.05, 3.63) is 74.9 Å². The third kappa shape index (κ3) is 6.01. The van der Waals surface area contributed by atoms with E-state index in [4.69, 9.17) is 25.8 Å². The van der Waals surface area contributed by atoms with Gasteiger partial charge in [0.2, 0.25) is 5.91 Å². The SMILES string of the molecule is CCOC(=O)C1=C(O)/C(=C/c2ccc(OCc3ccccc3Cl)c(OC)c2)SC1=NC(=O)CC. The molecule has 34 heavy (non-hydrogen) atoms. The van der Waals surface area contributed by atoms with Crippen LogP contribution >= 0.6 is 23.4 Å². The van der Waals surface area contributed by atoms with Gasteiger partial charge in [0.05, 0.1) is 18.6 Å². The number of esters is 1. The topological polar surface area (TPSA) is 94.4 Å². The van der Waals surface area contributed by atoms with Crippen molar-refractivity contribution in [3.8, 4) is 11.5 Å². The monoisotopic (exact) mass is 501 g/mol. The van der Waals surface area contributed by atoms with Crippen molar-refractivity contribution in [2.45, 2.75) is 26.9 Å². The Labute approximate surface area is 207 Å². The number of hydrogen-bond donors (Lipinski definition) is 1. The van der Waals surface area contributed by atoms with E-state index in [2.05, 4.69) is 4.99 Å². The van der Waals surface area contributed by atoms with Gasteiger partial charge >= 0.3 is 5.97 Å². The number of methoxy groups -OCH3 is 1. The van der Waals surface area contributed by atoms with Crippen LogP contribution in [0.4, 0.5) is 0 Å². The molecule has 0 spiro atoms. The predicted octanol–water partition coefficient (Wildman–Crippen LogP) is 5.73. The van der Waals surface area contributed by atoms with Gasteiger partial charge in [-0.25, -0.2) is 9.79 Å². The van der Waals surface area contributed by atoms with Gasteiger partial charge in [0.25, 0.3) is 0 Å². The predicted molar refractivity (Wildman–Crippen MR) is 133 cm³/mol. The first-order valence-electron chi connectivity index (χ1n) is 10.5. The summed E-state index contributed by atoms with van der Waals surface area (Å²) in [5, 5.41) is 11.4. The Morgan fingerprint density at radius 1 is 1.15 bits per heavy atom. The number of ether oxygens (including phenoxy) is 3. The normalized spacial score (nSPS) is 15.6. The number of amides is 1. The lowest BCUT2D eigenvalue weighted by molar-refractivity contribution is -0.138. The molecule has 2 aromatic carbocycles. The maximum absolute atomic E-state index is 12.4. The molecule has 0 saturated heterocycles. The quantitative estimate of drug-likeness (QED) is 0.462. The van der Waals surface area contributed by atoms with Crippen molar-refractivity contribution in [2.24, 2.45) is 4.99 Å². The zero-order valence-electron chi connectivity index (χ0n) is 19.0. The minimum atomic E-state index is -0.737. The van der Waals surface area contributed by atoms with Crippen LogP contribution in [0.2, 0.25) is 5.02 Å². The number of nitrogens with zero attached hydrogens (tertiary/aromatic N) is 1. The number of hydrogen-bond acceptors (Lipinski definition) is 7. The molecule has 0 aliphatic carbocycles. The lowest BCUT2D eigenvalue weighted by Crippen LogP contribution is -2.14. The van der Waals surface area contributed by atoms with Crippen LogP contribution in [-0.2, 0) is 20.9 Å². The molecule has 7 nitrogen and oxygen atoms in total. The van der Waals surface area contributed by atoms with Crippen molar-refractivity contribution in [3.63, 3.8) is 0 Å². The van der Waals surface area contributed by atoms with Gasteiger partial charge in [-0.3, -0.25) is 4.79 Å². The second-order valence-corrected chi connectivity index (χ2v) is 8.45. The standard InChI is InChI=1S/C25H24ClNO6S/c1-4-21(28)27-24-22(25(30)32-5-2)23(29)20(34-24)13-15-10-11-18(19(12-15)31-3)33-14-16-8-6-7-9-17(16)26/h6-13,29H,4-5,14H2,1-3H3/b20-13-,27-24?. The second kappa shape index (κ2) is 11.8. The average Bonchev–Trinajstić information content (AvgIpc) is 3.13. The number of aliphatic hydroxyl groups excluding tert-OH is 1. The second-order valence-electron chi connectivity index (χ2n) is 7.01. The van der Waals surface area contributed by atoms with Gasteiger partial charge in [-0.05, 0) is 36.8 Å². The Balaban J connectivity index is 1.89. The highest BCUT2D eigenvalue weighted by Crippen LogP contribution is 2.40. The summed E-state index contributed by atoms with van der Waals surface area (Å²) in [6.07, 6.45) is 1.84. The molecule has 2 aromatic rings. The van der Waals surface area contributed by atoms with E-state index < -0.39 is 11.9 Å². The van der Waals surface area contributed by atoms with Gasteiger partial charge in [0.15, 0.2) is 11.5 Å². The number of benzene rings is 2. The fourth-order valence-corrected chi connectivity index (χ4v) is 4.22. The van der Waals surface area contributed by atoms with E-state index in [1.165, 1.54) is 7.11 Å². The summed E-state index contributed by atoms with van der Waals surface area (Å²) in [7, 11) is 1.52. The molecule has 0 saturated carbocycles. The minimum absolute atomic E-state index is 0.112. The molecule has 178 valence electrons. The fourth-order valence-electron chi connectivity index (χ4n) is 3.00.